The number of carbonyl (C=O) groups excluding carboxylic acids is 1. The zero-order valence-electron chi connectivity index (χ0n) is 13.0. The molecule has 0 spiro atoms. The number of nitrogens with one attached hydrogen (secondary N) is 1. The van der Waals surface area contributed by atoms with E-state index >= 15 is 0 Å². The van der Waals surface area contributed by atoms with Gasteiger partial charge in [-0.1, -0.05) is 18.2 Å². The van der Waals surface area contributed by atoms with E-state index in [1.807, 2.05) is 38.1 Å². The number of anilines is 2. The number of aromatic nitrogens is 2. The standard InChI is InChI=1S/C17H20N4O/c1-12-6-5-7-13(2)16(12)18-17(22)14-8-9-15(20-19-14)21-10-3-4-11-21/h5-9H,3-4,10-11H2,1-2H3,(H,18,22). The van der Waals surface area contributed by atoms with Gasteiger partial charge in [0.1, 0.15) is 0 Å². The molecule has 0 atom stereocenters. The van der Waals surface area contributed by atoms with E-state index in [2.05, 4.69) is 20.4 Å². The molecule has 0 saturated carbocycles. The molecule has 1 aromatic carbocycles. The van der Waals surface area contributed by atoms with E-state index in [0.29, 0.717) is 5.69 Å². The molecule has 5 nitrogen and oxygen atoms in total. The van der Waals surface area contributed by atoms with Crippen molar-refractivity contribution in [2.45, 2.75) is 26.7 Å². The molecule has 5 heteroatoms. The fourth-order valence-corrected chi connectivity index (χ4v) is 2.75. The van der Waals surface area contributed by atoms with E-state index in [9.17, 15) is 4.79 Å². The second kappa shape index (κ2) is 6.13. The van der Waals surface area contributed by atoms with Crippen LogP contribution in [0.4, 0.5) is 11.5 Å². The topological polar surface area (TPSA) is 58.1 Å². The van der Waals surface area contributed by atoms with Crippen molar-refractivity contribution in [1.82, 2.24) is 10.2 Å². The summed E-state index contributed by atoms with van der Waals surface area (Å²) in [4.78, 5) is 14.5. The number of hydrogen-bond acceptors (Lipinski definition) is 4. The predicted octanol–water partition coefficient (Wildman–Crippen LogP) is 2.95. The van der Waals surface area contributed by atoms with Gasteiger partial charge in [-0.15, -0.1) is 10.2 Å². The van der Waals surface area contributed by atoms with Crippen molar-refractivity contribution >= 4 is 17.4 Å². The number of nitrogens with zero attached hydrogens (tertiary/aromatic N) is 3. The summed E-state index contributed by atoms with van der Waals surface area (Å²) in [5.74, 6) is 0.624. The fourth-order valence-electron chi connectivity index (χ4n) is 2.75. The van der Waals surface area contributed by atoms with Crippen LogP contribution >= 0.6 is 0 Å². The van der Waals surface area contributed by atoms with Crippen LogP contribution in [0.25, 0.3) is 0 Å². The Kier molecular flexibility index (Phi) is 4.04. The van der Waals surface area contributed by atoms with Crippen LogP contribution in [0.3, 0.4) is 0 Å². The van der Waals surface area contributed by atoms with Gasteiger partial charge in [0.05, 0.1) is 0 Å². The van der Waals surface area contributed by atoms with Crippen LogP contribution < -0.4 is 10.2 Å². The molecule has 1 aliphatic heterocycles. The normalized spacial score (nSPS) is 14.2. The van der Waals surface area contributed by atoms with Crippen molar-refractivity contribution in [1.29, 1.82) is 0 Å². The molecule has 0 radical (unpaired) electrons. The van der Waals surface area contributed by atoms with Crippen molar-refractivity contribution in [2.24, 2.45) is 0 Å². The van der Waals surface area contributed by atoms with Gasteiger partial charge in [-0.25, -0.2) is 0 Å². The highest BCUT2D eigenvalue weighted by Crippen LogP contribution is 2.20. The molecule has 0 bridgehead atoms. The Morgan fingerprint density at radius 1 is 1.05 bits per heavy atom. The molecule has 1 amide bonds. The van der Waals surface area contributed by atoms with E-state index in [4.69, 9.17) is 0 Å². The largest absolute Gasteiger partial charge is 0.355 e. The summed E-state index contributed by atoms with van der Waals surface area (Å²) in [5, 5.41) is 11.2. The van der Waals surface area contributed by atoms with Gasteiger partial charge >= 0.3 is 0 Å². The third-order valence-corrected chi connectivity index (χ3v) is 4.03. The summed E-state index contributed by atoms with van der Waals surface area (Å²) < 4.78 is 0. The molecule has 2 heterocycles. The highest BCUT2D eigenvalue weighted by atomic mass is 16.1. The van der Waals surface area contributed by atoms with E-state index in [0.717, 1.165) is 35.7 Å². The molecule has 22 heavy (non-hydrogen) atoms. The molecule has 1 N–H and O–H groups in total. The molecule has 1 aliphatic rings. The number of amides is 1. The summed E-state index contributed by atoms with van der Waals surface area (Å²) in [7, 11) is 0. The summed E-state index contributed by atoms with van der Waals surface area (Å²) in [6.07, 6.45) is 2.38. The van der Waals surface area contributed by atoms with Gasteiger partial charge in [-0.3, -0.25) is 4.79 Å². The van der Waals surface area contributed by atoms with Crippen molar-refractivity contribution in [3.8, 4) is 0 Å². The smallest absolute Gasteiger partial charge is 0.276 e. The Bertz CT molecular complexity index is 655. The van der Waals surface area contributed by atoms with Crippen LogP contribution in [0.2, 0.25) is 0 Å². The predicted molar refractivity (Wildman–Crippen MR) is 87.3 cm³/mol. The Balaban J connectivity index is 1.75. The SMILES string of the molecule is Cc1cccc(C)c1NC(=O)c1ccc(N2CCCC2)nn1. The van der Waals surface area contributed by atoms with Crippen molar-refractivity contribution in [3.05, 3.63) is 47.2 Å². The summed E-state index contributed by atoms with van der Waals surface area (Å²) >= 11 is 0. The first-order valence-corrected chi connectivity index (χ1v) is 7.61. The zero-order valence-corrected chi connectivity index (χ0v) is 13.0. The van der Waals surface area contributed by atoms with Crippen LogP contribution in [-0.4, -0.2) is 29.2 Å². The molecule has 3 rings (SSSR count). The van der Waals surface area contributed by atoms with Gasteiger partial charge in [0, 0.05) is 18.8 Å². The molecular formula is C17H20N4O. The number of carbonyl (C=O) groups is 1. The minimum absolute atomic E-state index is 0.224. The van der Waals surface area contributed by atoms with Crippen LogP contribution in [-0.2, 0) is 0 Å². The maximum atomic E-state index is 12.3. The lowest BCUT2D eigenvalue weighted by Crippen LogP contribution is -2.21. The van der Waals surface area contributed by atoms with Crippen LogP contribution in [0, 0.1) is 13.8 Å². The summed E-state index contributed by atoms with van der Waals surface area (Å²) in [6.45, 7) is 5.99. The first-order chi connectivity index (χ1) is 10.6. The number of para-hydroxylation sites is 1. The van der Waals surface area contributed by atoms with Crippen molar-refractivity contribution in [3.63, 3.8) is 0 Å². The van der Waals surface area contributed by atoms with Gasteiger partial charge in [-0.2, -0.15) is 0 Å². The summed E-state index contributed by atoms with van der Waals surface area (Å²) in [6, 6.07) is 9.54. The Labute approximate surface area is 130 Å². The lowest BCUT2D eigenvalue weighted by atomic mass is 10.1. The van der Waals surface area contributed by atoms with Gasteiger partial charge in [-0.05, 0) is 49.9 Å². The van der Waals surface area contributed by atoms with Crippen LogP contribution in [0.15, 0.2) is 30.3 Å². The molecule has 2 aromatic rings. The van der Waals surface area contributed by atoms with Gasteiger partial charge in [0.2, 0.25) is 0 Å². The third-order valence-electron chi connectivity index (χ3n) is 4.03. The quantitative estimate of drug-likeness (QED) is 0.946. The monoisotopic (exact) mass is 296 g/mol. The molecule has 1 aromatic heterocycles. The second-order valence-electron chi connectivity index (χ2n) is 5.69. The van der Waals surface area contributed by atoms with E-state index in [1.165, 1.54) is 12.8 Å². The lowest BCUT2D eigenvalue weighted by Gasteiger charge is -2.15. The van der Waals surface area contributed by atoms with Gasteiger partial charge < -0.3 is 10.2 Å². The number of benzene rings is 1. The van der Waals surface area contributed by atoms with Crippen molar-refractivity contribution < 1.29 is 4.79 Å². The third kappa shape index (κ3) is 2.93. The number of aryl methyl sites for hydroxylation is 2. The first-order valence-electron chi connectivity index (χ1n) is 7.61. The molecule has 1 saturated heterocycles. The molecular weight excluding hydrogens is 276 g/mol. The van der Waals surface area contributed by atoms with Gasteiger partial charge in [0.15, 0.2) is 11.5 Å². The molecule has 0 aliphatic carbocycles. The maximum Gasteiger partial charge on any atom is 0.276 e. The first kappa shape index (κ1) is 14.5. The highest BCUT2D eigenvalue weighted by molar-refractivity contribution is 6.03. The Morgan fingerprint density at radius 3 is 2.32 bits per heavy atom. The van der Waals surface area contributed by atoms with Crippen LogP contribution in [0.5, 0.6) is 0 Å². The minimum atomic E-state index is -0.224. The van der Waals surface area contributed by atoms with Crippen molar-refractivity contribution in [2.75, 3.05) is 23.3 Å². The Morgan fingerprint density at radius 2 is 1.73 bits per heavy atom. The Hall–Kier alpha value is -2.43. The van der Waals surface area contributed by atoms with Gasteiger partial charge in [0.25, 0.3) is 5.91 Å². The van der Waals surface area contributed by atoms with E-state index in [-0.39, 0.29) is 5.91 Å². The minimum Gasteiger partial charge on any atom is -0.355 e. The number of hydrogen-bond donors (Lipinski definition) is 1. The highest BCUT2D eigenvalue weighted by Gasteiger charge is 2.16. The average Bonchev–Trinajstić information content (AvgIpc) is 3.05. The second-order valence-corrected chi connectivity index (χ2v) is 5.69. The number of rotatable bonds is 3. The molecule has 114 valence electrons. The molecule has 1 fully saturated rings. The maximum absolute atomic E-state index is 12.3. The summed E-state index contributed by atoms with van der Waals surface area (Å²) in [5.41, 5.74) is 3.26. The molecule has 0 unspecified atom stereocenters. The fraction of sp³-hybridized carbons (Fsp3) is 0.353. The lowest BCUT2D eigenvalue weighted by molar-refractivity contribution is 0.102. The van der Waals surface area contributed by atoms with E-state index in [1.54, 1.807) is 6.07 Å². The zero-order chi connectivity index (χ0) is 15.5. The van der Waals surface area contributed by atoms with Crippen LogP contribution in [0.1, 0.15) is 34.5 Å². The van der Waals surface area contributed by atoms with E-state index < -0.39 is 0 Å². The average molecular weight is 296 g/mol.